The van der Waals surface area contributed by atoms with Crippen molar-refractivity contribution in [1.82, 2.24) is 4.90 Å². The SMILES string of the molecule is CC(=O)\C=C/C=C\C=C(\O)c1ccc(O)c(CN(C(C)C)C(C)C)c1O. The summed E-state index contributed by atoms with van der Waals surface area (Å²) in [6.45, 7) is 10.0. The Morgan fingerprint density at radius 2 is 1.69 bits per heavy atom. The molecule has 0 aromatic heterocycles. The molecule has 0 radical (unpaired) electrons. The average molecular weight is 359 g/mol. The lowest BCUT2D eigenvalue weighted by atomic mass is 10.0. The smallest absolute Gasteiger partial charge is 0.152 e. The van der Waals surface area contributed by atoms with Crippen LogP contribution in [-0.2, 0) is 11.3 Å². The Balaban J connectivity index is 3.14. The van der Waals surface area contributed by atoms with Gasteiger partial charge in [0.15, 0.2) is 5.78 Å². The van der Waals surface area contributed by atoms with Crippen molar-refractivity contribution in [3.05, 3.63) is 53.6 Å². The predicted octanol–water partition coefficient (Wildman–Crippen LogP) is 4.32. The van der Waals surface area contributed by atoms with Gasteiger partial charge in [-0.2, -0.15) is 0 Å². The highest BCUT2D eigenvalue weighted by Crippen LogP contribution is 2.35. The van der Waals surface area contributed by atoms with Crippen molar-refractivity contribution in [2.24, 2.45) is 0 Å². The highest BCUT2D eigenvalue weighted by molar-refractivity contribution is 5.87. The van der Waals surface area contributed by atoms with Gasteiger partial charge in [0.1, 0.15) is 17.3 Å². The fraction of sp³-hybridized carbons (Fsp3) is 0.381. The van der Waals surface area contributed by atoms with Gasteiger partial charge in [-0.3, -0.25) is 9.69 Å². The molecular formula is C21H29NO4. The van der Waals surface area contributed by atoms with Crippen molar-refractivity contribution < 1.29 is 20.1 Å². The van der Waals surface area contributed by atoms with Crippen LogP contribution in [0.25, 0.3) is 5.76 Å². The van der Waals surface area contributed by atoms with E-state index in [1.54, 1.807) is 18.2 Å². The Labute approximate surface area is 155 Å². The molecule has 0 aliphatic heterocycles. The summed E-state index contributed by atoms with van der Waals surface area (Å²) in [5.41, 5.74) is 0.621. The molecule has 0 heterocycles. The molecule has 0 saturated heterocycles. The molecule has 1 aromatic rings. The first-order valence-corrected chi connectivity index (χ1v) is 8.69. The minimum absolute atomic E-state index is 0.00900. The van der Waals surface area contributed by atoms with Crippen LogP contribution >= 0.6 is 0 Å². The molecule has 1 rings (SSSR count). The van der Waals surface area contributed by atoms with Gasteiger partial charge >= 0.3 is 0 Å². The van der Waals surface area contributed by atoms with Crippen molar-refractivity contribution in [3.63, 3.8) is 0 Å². The van der Waals surface area contributed by atoms with Crippen LogP contribution in [-0.4, -0.2) is 38.1 Å². The molecule has 0 aliphatic carbocycles. The Morgan fingerprint density at radius 3 is 2.23 bits per heavy atom. The molecule has 0 unspecified atom stereocenters. The van der Waals surface area contributed by atoms with Crippen LogP contribution in [0.15, 0.2) is 42.5 Å². The van der Waals surface area contributed by atoms with Crippen LogP contribution in [0.1, 0.15) is 45.7 Å². The molecule has 0 fully saturated rings. The highest BCUT2D eigenvalue weighted by Gasteiger charge is 2.20. The van der Waals surface area contributed by atoms with Crippen LogP contribution in [0, 0.1) is 0 Å². The summed E-state index contributed by atoms with van der Waals surface area (Å²) in [4.78, 5) is 12.9. The number of hydrogen-bond acceptors (Lipinski definition) is 5. The number of carbonyl (C=O) groups is 1. The maximum atomic E-state index is 10.8. The molecule has 26 heavy (non-hydrogen) atoms. The standard InChI is InChI=1S/C21H29NO4/c1-14(2)22(15(3)4)13-18-20(25)12-11-17(21(18)26)19(24)10-8-6-7-9-16(5)23/h6-12,14-15,24-26H,13H2,1-5H3/b8-6-,9-7-,19-10+. The number of hydrogen-bond donors (Lipinski definition) is 3. The van der Waals surface area contributed by atoms with E-state index in [2.05, 4.69) is 32.6 Å². The zero-order valence-corrected chi connectivity index (χ0v) is 16.1. The minimum atomic E-state index is -0.141. The summed E-state index contributed by atoms with van der Waals surface area (Å²) in [5, 5.41) is 31.0. The van der Waals surface area contributed by atoms with E-state index in [1.807, 2.05) is 0 Å². The maximum absolute atomic E-state index is 10.8. The summed E-state index contributed by atoms with van der Waals surface area (Å²) < 4.78 is 0. The van der Waals surface area contributed by atoms with E-state index in [0.29, 0.717) is 12.1 Å². The largest absolute Gasteiger partial charge is 0.507 e. The first-order valence-electron chi connectivity index (χ1n) is 8.69. The normalized spacial score (nSPS) is 13.0. The molecule has 5 nitrogen and oxygen atoms in total. The third-order valence-electron chi connectivity index (χ3n) is 4.01. The number of aliphatic hydroxyl groups is 1. The summed E-state index contributed by atoms with van der Waals surface area (Å²) in [7, 11) is 0. The van der Waals surface area contributed by atoms with E-state index in [-0.39, 0.29) is 40.7 Å². The van der Waals surface area contributed by atoms with Crippen LogP contribution < -0.4 is 0 Å². The summed E-state index contributed by atoms with van der Waals surface area (Å²) in [6, 6.07) is 3.40. The number of rotatable bonds is 8. The Hall–Kier alpha value is -2.53. The minimum Gasteiger partial charge on any atom is -0.507 e. The van der Waals surface area contributed by atoms with Crippen molar-refractivity contribution in [3.8, 4) is 11.5 Å². The van der Waals surface area contributed by atoms with Gasteiger partial charge in [0.25, 0.3) is 0 Å². The van der Waals surface area contributed by atoms with Gasteiger partial charge in [0, 0.05) is 18.6 Å². The second-order valence-corrected chi connectivity index (χ2v) is 6.73. The van der Waals surface area contributed by atoms with Gasteiger partial charge in [-0.05, 0) is 58.9 Å². The number of benzene rings is 1. The first kappa shape index (κ1) is 21.5. The third kappa shape index (κ3) is 6.08. The monoisotopic (exact) mass is 359 g/mol. The zero-order chi connectivity index (χ0) is 19.9. The number of ketones is 1. The second kappa shape index (κ2) is 9.82. The molecule has 142 valence electrons. The molecule has 0 saturated carbocycles. The van der Waals surface area contributed by atoms with Crippen LogP contribution in [0.4, 0.5) is 0 Å². The summed E-state index contributed by atoms with van der Waals surface area (Å²) >= 11 is 0. The number of aromatic hydroxyl groups is 2. The van der Waals surface area contributed by atoms with Gasteiger partial charge < -0.3 is 15.3 Å². The summed E-state index contributed by atoms with van der Waals surface area (Å²) in [6.07, 6.45) is 7.56. The molecule has 1 aromatic carbocycles. The quantitative estimate of drug-likeness (QED) is 0.366. The van der Waals surface area contributed by atoms with Crippen LogP contribution in [0.5, 0.6) is 11.5 Å². The predicted molar refractivity (Wildman–Crippen MR) is 105 cm³/mol. The summed E-state index contributed by atoms with van der Waals surface area (Å²) in [5.74, 6) is -0.344. The van der Waals surface area contributed by atoms with Gasteiger partial charge in [-0.15, -0.1) is 0 Å². The second-order valence-electron chi connectivity index (χ2n) is 6.73. The molecule has 0 atom stereocenters. The van der Waals surface area contributed by atoms with E-state index in [4.69, 9.17) is 0 Å². The number of carbonyl (C=O) groups excluding carboxylic acids is 1. The van der Waals surface area contributed by atoms with E-state index >= 15 is 0 Å². The Kier molecular flexibility index (Phi) is 8.13. The number of aliphatic hydroxyl groups excluding tert-OH is 1. The van der Waals surface area contributed by atoms with Crippen molar-refractivity contribution >= 4 is 11.5 Å². The van der Waals surface area contributed by atoms with Gasteiger partial charge in [0.2, 0.25) is 0 Å². The van der Waals surface area contributed by atoms with E-state index in [0.717, 1.165) is 0 Å². The molecule has 0 spiro atoms. The van der Waals surface area contributed by atoms with Crippen LogP contribution in [0.2, 0.25) is 0 Å². The van der Waals surface area contributed by atoms with Crippen molar-refractivity contribution in [2.75, 3.05) is 0 Å². The first-order chi connectivity index (χ1) is 12.1. The van der Waals surface area contributed by atoms with Gasteiger partial charge in [-0.1, -0.05) is 18.2 Å². The Morgan fingerprint density at radius 1 is 1.08 bits per heavy atom. The lowest BCUT2D eigenvalue weighted by molar-refractivity contribution is -0.112. The molecule has 3 N–H and O–H groups in total. The fourth-order valence-corrected chi connectivity index (χ4v) is 2.62. The van der Waals surface area contributed by atoms with E-state index < -0.39 is 0 Å². The molecule has 5 heteroatoms. The molecular weight excluding hydrogens is 330 g/mol. The molecule has 0 bridgehead atoms. The average Bonchev–Trinajstić information content (AvgIpc) is 2.53. The van der Waals surface area contributed by atoms with Crippen LogP contribution in [0.3, 0.4) is 0 Å². The lowest BCUT2D eigenvalue weighted by Gasteiger charge is -2.31. The van der Waals surface area contributed by atoms with Crippen molar-refractivity contribution in [2.45, 2.75) is 53.2 Å². The molecule has 0 aliphatic rings. The number of phenols is 2. The maximum Gasteiger partial charge on any atom is 0.152 e. The Bertz CT molecular complexity index is 707. The van der Waals surface area contributed by atoms with E-state index in [9.17, 15) is 20.1 Å². The fourth-order valence-electron chi connectivity index (χ4n) is 2.62. The zero-order valence-electron chi connectivity index (χ0n) is 16.1. The van der Waals surface area contributed by atoms with Gasteiger partial charge in [0.05, 0.1) is 11.1 Å². The lowest BCUT2D eigenvalue weighted by Crippen LogP contribution is -2.36. The number of allylic oxidation sites excluding steroid dienone is 5. The topological polar surface area (TPSA) is 81.0 Å². The molecule has 0 amide bonds. The van der Waals surface area contributed by atoms with Gasteiger partial charge in [-0.25, -0.2) is 0 Å². The number of nitrogens with zero attached hydrogens (tertiary/aromatic N) is 1. The van der Waals surface area contributed by atoms with Crippen molar-refractivity contribution in [1.29, 1.82) is 0 Å². The van der Waals surface area contributed by atoms with E-state index in [1.165, 1.54) is 31.2 Å². The third-order valence-corrected chi connectivity index (χ3v) is 4.01. The highest BCUT2D eigenvalue weighted by atomic mass is 16.3. The number of phenolic OH excluding ortho intramolecular Hbond substituents is 2.